The number of aryl methyl sites for hydroxylation is 2. The van der Waals surface area contributed by atoms with Crippen molar-refractivity contribution in [2.24, 2.45) is 5.41 Å². The maximum absolute atomic E-state index is 13.6. The minimum atomic E-state index is -4.26. The molecule has 1 saturated carbocycles. The number of hydrogen-bond acceptors (Lipinski definition) is 9. The van der Waals surface area contributed by atoms with Gasteiger partial charge in [0.2, 0.25) is 11.8 Å². The zero-order chi connectivity index (χ0) is 34.9. The average molecular weight is 688 g/mol. The lowest BCUT2D eigenvalue weighted by Gasteiger charge is -2.24. The summed E-state index contributed by atoms with van der Waals surface area (Å²) in [5.74, 6) is -0.655. The molecule has 1 aromatic heterocycles. The van der Waals surface area contributed by atoms with Crippen LogP contribution in [0.5, 0.6) is 5.88 Å². The number of aromatic nitrogens is 2. The Labute approximate surface area is 282 Å². The van der Waals surface area contributed by atoms with Gasteiger partial charge in [0.05, 0.1) is 29.3 Å². The summed E-state index contributed by atoms with van der Waals surface area (Å²) >= 11 is 1.13. The van der Waals surface area contributed by atoms with Crippen LogP contribution in [-0.4, -0.2) is 75.6 Å². The molecule has 1 aliphatic heterocycles. The number of anilines is 1. The maximum Gasteiger partial charge on any atom is 0.410 e. The fourth-order valence-corrected chi connectivity index (χ4v) is 6.35. The largest absolute Gasteiger partial charge is 0.478 e. The van der Waals surface area contributed by atoms with Crippen molar-refractivity contribution in [3.8, 4) is 17.1 Å². The molecule has 2 heterocycles. The third-order valence-corrected chi connectivity index (χ3v) is 9.21. The van der Waals surface area contributed by atoms with Crippen molar-refractivity contribution in [3.05, 3.63) is 65.2 Å². The first kappa shape index (κ1) is 35.3. The van der Waals surface area contributed by atoms with Gasteiger partial charge < -0.3 is 24.8 Å². The number of ether oxygens (including phenoxy) is 2. The molecule has 2 aromatic carbocycles. The summed E-state index contributed by atoms with van der Waals surface area (Å²) in [7, 11) is 0. The summed E-state index contributed by atoms with van der Waals surface area (Å²) in [6.45, 7) is 9.61. The van der Waals surface area contributed by atoms with Gasteiger partial charge in [-0.15, -0.1) is 0 Å². The normalized spacial score (nSPS) is 18.8. The van der Waals surface area contributed by atoms with Crippen molar-refractivity contribution in [1.29, 1.82) is 0 Å². The minimum Gasteiger partial charge on any atom is -0.478 e. The molecule has 258 valence electrons. The molecule has 1 aliphatic carbocycles. The van der Waals surface area contributed by atoms with Gasteiger partial charge in [-0.25, -0.2) is 14.6 Å². The fourth-order valence-electron chi connectivity index (χ4n) is 5.72. The van der Waals surface area contributed by atoms with Crippen LogP contribution in [0.3, 0.4) is 0 Å². The van der Waals surface area contributed by atoms with E-state index in [0.717, 1.165) is 28.6 Å². The number of carbonyl (C=O) groups is 2. The summed E-state index contributed by atoms with van der Waals surface area (Å²) in [5.41, 5.74) is 1.14. The van der Waals surface area contributed by atoms with E-state index in [9.17, 15) is 27.9 Å². The molecular formula is C34H40F3N5O5S. The van der Waals surface area contributed by atoms with Crippen LogP contribution in [0.1, 0.15) is 61.5 Å². The summed E-state index contributed by atoms with van der Waals surface area (Å²) in [4.78, 5) is 35.9. The van der Waals surface area contributed by atoms with Gasteiger partial charge in [0, 0.05) is 23.1 Å². The molecule has 1 saturated heterocycles. The molecule has 14 heteroatoms. The summed E-state index contributed by atoms with van der Waals surface area (Å²) in [5, 5.41) is 12.6. The highest BCUT2D eigenvalue weighted by Crippen LogP contribution is 2.59. The number of nitrogens with one attached hydrogen (secondary N) is 2. The number of aromatic carboxylic acids is 1. The third-order valence-electron chi connectivity index (χ3n) is 8.44. The van der Waals surface area contributed by atoms with Crippen LogP contribution < -0.4 is 14.8 Å². The average Bonchev–Trinajstić information content (AvgIpc) is 3.70. The number of benzene rings is 2. The lowest BCUT2D eigenvalue weighted by Crippen LogP contribution is -2.44. The Bertz CT molecular complexity index is 1640. The summed E-state index contributed by atoms with van der Waals surface area (Å²) < 4.78 is 56.0. The monoisotopic (exact) mass is 687 g/mol. The highest BCUT2D eigenvalue weighted by molar-refractivity contribution is 8.00. The van der Waals surface area contributed by atoms with Crippen LogP contribution >= 0.6 is 11.9 Å². The van der Waals surface area contributed by atoms with Gasteiger partial charge in [0.1, 0.15) is 11.7 Å². The SMILES string of the molecule is Cc1cccc(C)c1-c1cc(O[C@@H]2CN(C(=O)OC(C)(C)C)C[C@H]2NCCC2(C(F)(F)F)CC2)nc(NSc2cccc(C(=O)O)c2)n1. The Morgan fingerprint density at radius 2 is 1.73 bits per heavy atom. The van der Waals surface area contributed by atoms with E-state index in [1.165, 1.54) is 17.0 Å². The molecule has 2 aliphatic rings. The van der Waals surface area contributed by atoms with Crippen LogP contribution in [-0.2, 0) is 4.74 Å². The molecule has 0 spiro atoms. The van der Waals surface area contributed by atoms with Crippen LogP contribution in [0.15, 0.2) is 53.4 Å². The number of halogens is 3. The van der Waals surface area contributed by atoms with Crippen molar-refractivity contribution in [2.45, 2.75) is 82.7 Å². The van der Waals surface area contributed by atoms with E-state index in [-0.39, 0.29) is 56.3 Å². The smallest absolute Gasteiger partial charge is 0.410 e. The van der Waals surface area contributed by atoms with Crippen LogP contribution in [0.2, 0.25) is 0 Å². The van der Waals surface area contributed by atoms with E-state index >= 15 is 0 Å². The second-order valence-electron chi connectivity index (χ2n) is 13.3. The molecule has 3 N–H and O–H groups in total. The second kappa shape index (κ2) is 13.8. The maximum atomic E-state index is 13.6. The van der Waals surface area contributed by atoms with Crippen molar-refractivity contribution < 1.29 is 37.3 Å². The van der Waals surface area contributed by atoms with Crippen LogP contribution in [0.25, 0.3) is 11.3 Å². The molecule has 0 unspecified atom stereocenters. The zero-order valence-corrected chi connectivity index (χ0v) is 28.3. The Kier molecular flexibility index (Phi) is 10.2. The molecule has 0 radical (unpaired) electrons. The predicted octanol–water partition coefficient (Wildman–Crippen LogP) is 7.27. The van der Waals surface area contributed by atoms with Crippen molar-refractivity contribution in [1.82, 2.24) is 20.2 Å². The number of carboxylic acid groups (broad SMARTS) is 1. The van der Waals surface area contributed by atoms with Gasteiger partial charge in [-0.1, -0.05) is 24.3 Å². The third kappa shape index (κ3) is 8.51. The number of nitrogens with zero attached hydrogens (tertiary/aromatic N) is 3. The molecule has 48 heavy (non-hydrogen) atoms. The number of hydrogen-bond donors (Lipinski definition) is 3. The van der Waals surface area contributed by atoms with Crippen molar-refractivity contribution >= 4 is 30.0 Å². The topological polar surface area (TPSA) is 126 Å². The number of likely N-dealkylation sites (tertiary alicyclic amines) is 1. The Morgan fingerprint density at radius 3 is 2.35 bits per heavy atom. The first-order chi connectivity index (χ1) is 22.5. The number of carboxylic acids is 1. The number of alkyl halides is 3. The van der Waals surface area contributed by atoms with Crippen molar-refractivity contribution in [3.63, 3.8) is 0 Å². The van der Waals surface area contributed by atoms with Crippen molar-refractivity contribution in [2.75, 3.05) is 24.4 Å². The minimum absolute atomic E-state index is 0.0647. The van der Waals surface area contributed by atoms with Crippen LogP contribution in [0.4, 0.5) is 23.9 Å². The molecule has 1 amide bonds. The van der Waals surface area contributed by atoms with E-state index in [1.807, 2.05) is 32.0 Å². The Balaban J connectivity index is 1.41. The highest BCUT2D eigenvalue weighted by Gasteiger charge is 2.62. The first-order valence-electron chi connectivity index (χ1n) is 15.7. The molecule has 2 atom stereocenters. The molecule has 10 nitrogen and oxygen atoms in total. The molecule has 5 rings (SSSR count). The quantitative estimate of drug-likeness (QED) is 0.177. The Hall–Kier alpha value is -4.04. The van der Waals surface area contributed by atoms with E-state index in [4.69, 9.17) is 14.5 Å². The van der Waals surface area contributed by atoms with Gasteiger partial charge >= 0.3 is 18.2 Å². The molecular weight excluding hydrogens is 647 g/mol. The van der Waals surface area contributed by atoms with E-state index < -0.39 is 41.4 Å². The van der Waals surface area contributed by atoms with Gasteiger partial charge in [-0.3, -0.25) is 4.72 Å². The second-order valence-corrected chi connectivity index (χ2v) is 14.2. The van der Waals surface area contributed by atoms with Gasteiger partial charge in [0.25, 0.3) is 0 Å². The zero-order valence-electron chi connectivity index (χ0n) is 27.5. The predicted molar refractivity (Wildman–Crippen MR) is 176 cm³/mol. The molecule has 3 aromatic rings. The lowest BCUT2D eigenvalue weighted by atomic mass is 10.00. The number of carbonyl (C=O) groups excluding carboxylic acids is 1. The van der Waals surface area contributed by atoms with Gasteiger partial charge in [-0.2, -0.15) is 18.2 Å². The highest BCUT2D eigenvalue weighted by atomic mass is 32.2. The fraction of sp³-hybridized carbons (Fsp3) is 0.471. The number of rotatable bonds is 11. The van der Waals surface area contributed by atoms with E-state index in [1.54, 1.807) is 39.0 Å². The Morgan fingerprint density at radius 1 is 1.04 bits per heavy atom. The van der Waals surface area contributed by atoms with E-state index in [2.05, 4.69) is 15.0 Å². The molecule has 0 bridgehead atoms. The van der Waals surface area contributed by atoms with Crippen LogP contribution in [0, 0.1) is 19.3 Å². The lowest BCUT2D eigenvalue weighted by molar-refractivity contribution is -0.188. The summed E-state index contributed by atoms with van der Waals surface area (Å²) in [6, 6.07) is 13.5. The van der Waals surface area contributed by atoms with E-state index in [0.29, 0.717) is 10.6 Å². The standard InChI is InChI=1S/C34H40F3N5O5S/c1-20-8-6-9-21(2)28(20)24-17-27(40-30(39-24)41-48-23-11-7-10-22(16-23)29(43)44)46-26-19-42(31(45)47-32(3,4)5)18-25(26)38-15-14-33(12-13-33)34(35,36)37/h6-11,16-17,25-26,38H,12-15,18-19H2,1-5H3,(H,43,44)(H,39,40,41)/t25-,26-/m1/s1. The van der Waals surface area contributed by atoms with Gasteiger partial charge in [-0.05, 0) is 102 Å². The molecule has 2 fully saturated rings. The first-order valence-corrected chi connectivity index (χ1v) is 16.5. The van der Waals surface area contributed by atoms with Gasteiger partial charge in [0.15, 0.2) is 0 Å². The number of amides is 1. The summed E-state index contributed by atoms with van der Waals surface area (Å²) in [6.07, 6.45) is -5.30.